The van der Waals surface area contributed by atoms with Gasteiger partial charge in [-0.1, -0.05) is 54.6 Å². The quantitative estimate of drug-likeness (QED) is 0.221. The number of fused-ring (bicyclic) bond motifs is 2. The monoisotopic (exact) mass is 650 g/mol. The van der Waals surface area contributed by atoms with Gasteiger partial charge in [-0.25, -0.2) is 4.79 Å². The molecule has 3 fully saturated rings. The summed E-state index contributed by atoms with van der Waals surface area (Å²) in [6, 6.07) is 26.2. The summed E-state index contributed by atoms with van der Waals surface area (Å²) < 4.78 is 11.6. The molecule has 11 nitrogen and oxygen atoms in total. The van der Waals surface area contributed by atoms with Gasteiger partial charge in [-0.2, -0.15) is 9.97 Å². The maximum Gasteiger partial charge on any atom is 0.326 e. The zero-order chi connectivity index (χ0) is 32.9. The fourth-order valence-corrected chi connectivity index (χ4v) is 7.05. The van der Waals surface area contributed by atoms with Gasteiger partial charge in [-0.3, -0.25) is 9.69 Å². The van der Waals surface area contributed by atoms with Crippen LogP contribution in [0.15, 0.2) is 87.7 Å². The van der Waals surface area contributed by atoms with Crippen LogP contribution in [0.3, 0.4) is 0 Å². The number of hydrogen-bond acceptors (Lipinski definition) is 9. The molecule has 0 aliphatic carbocycles. The molecular weight excluding hydrogens is 608 g/mol. The molecule has 5 heterocycles. The van der Waals surface area contributed by atoms with Gasteiger partial charge in [-0.05, 0) is 74.8 Å². The van der Waals surface area contributed by atoms with E-state index in [9.17, 15) is 14.7 Å². The van der Waals surface area contributed by atoms with Gasteiger partial charge >= 0.3 is 5.97 Å². The molecule has 0 spiro atoms. The second kappa shape index (κ2) is 14.5. The van der Waals surface area contributed by atoms with Gasteiger partial charge < -0.3 is 29.1 Å². The van der Waals surface area contributed by atoms with E-state index < -0.39 is 12.0 Å². The van der Waals surface area contributed by atoms with Crippen molar-refractivity contribution in [1.82, 2.24) is 20.2 Å². The number of nitrogens with one attached hydrogen (secondary N) is 1. The molecule has 3 aromatic carbocycles. The highest BCUT2D eigenvalue weighted by atomic mass is 16.4. The topological polar surface area (TPSA) is 128 Å². The number of carbonyl (C=O) groups excluding carboxylic acids is 1. The average Bonchev–Trinajstić information content (AvgIpc) is 3.87. The Morgan fingerprint density at radius 1 is 0.708 bits per heavy atom. The van der Waals surface area contributed by atoms with Gasteiger partial charge in [-0.15, -0.1) is 0 Å². The van der Waals surface area contributed by atoms with Crippen molar-refractivity contribution in [1.29, 1.82) is 0 Å². The second-order valence-corrected chi connectivity index (χ2v) is 12.9. The lowest BCUT2D eigenvalue weighted by Crippen LogP contribution is -2.52. The molecule has 3 aliphatic rings. The third-order valence-electron chi connectivity index (χ3n) is 9.52. The smallest absolute Gasteiger partial charge is 0.326 e. The Balaban J connectivity index is 0.000000172. The zero-order valence-corrected chi connectivity index (χ0v) is 27.0. The van der Waals surface area contributed by atoms with Gasteiger partial charge in [0.1, 0.15) is 23.1 Å². The molecule has 48 heavy (non-hydrogen) atoms. The number of carboxylic acids is 1. The minimum atomic E-state index is -0.808. The molecule has 8 rings (SSSR count). The molecule has 1 amide bonds. The number of hydrogen-bond donors (Lipinski definition) is 2. The van der Waals surface area contributed by atoms with Crippen molar-refractivity contribution in [3.05, 3.63) is 84.4 Å². The van der Waals surface area contributed by atoms with Crippen LogP contribution in [0.25, 0.3) is 22.2 Å². The highest BCUT2D eigenvalue weighted by Gasteiger charge is 2.34. The third-order valence-corrected chi connectivity index (χ3v) is 9.52. The first-order valence-electron chi connectivity index (χ1n) is 17.1. The summed E-state index contributed by atoms with van der Waals surface area (Å²) in [5, 5.41) is 12.5. The van der Waals surface area contributed by atoms with Crippen LogP contribution >= 0.6 is 0 Å². The molecule has 3 aliphatic heterocycles. The van der Waals surface area contributed by atoms with Crippen molar-refractivity contribution in [2.75, 3.05) is 36.0 Å². The van der Waals surface area contributed by atoms with Crippen LogP contribution in [0.2, 0.25) is 0 Å². The molecule has 250 valence electrons. The highest BCUT2D eigenvalue weighted by molar-refractivity contribution is 5.86. The number of carboxylic acid groups (broad SMARTS) is 1. The van der Waals surface area contributed by atoms with Gasteiger partial charge in [0.05, 0.1) is 0 Å². The van der Waals surface area contributed by atoms with Crippen molar-refractivity contribution in [2.45, 2.75) is 69.6 Å². The minimum Gasteiger partial charge on any atom is -0.480 e. The number of aliphatic carboxylic acids is 1. The molecule has 3 atom stereocenters. The van der Waals surface area contributed by atoms with Gasteiger partial charge in [0.25, 0.3) is 12.0 Å². The lowest BCUT2D eigenvalue weighted by Gasteiger charge is -2.34. The van der Waals surface area contributed by atoms with Crippen molar-refractivity contribution in [2.24, 2.45) is 0 Å². The number of oxazole rings is 2. The van der Waals surface area contributed by atoms with Crippen molar-refractivity contribution >= 4 is 46.1 Å². The first-order valence-corrected chi connectivity index (χ1v) is 17.1. The number of para-hydroxylation sites is 4. The van der Waals surface area contributed by atoms with Crippen LogP contribution in [0.1, 0.15) is 50.5 Å². The Morgan fingerprint density at radius 3 is 1.88 bits per heavy atom. The standard InChI is InChI=1S/C24H28N4O2.C13H14N2O3/c29-23(25-19-13-15-27(17-19)16-18-8-2-1-3-9-18)21-11-6-7-14-28(21)24-26-20-10-4-5-12-22(20)30-24;16-12(17)10-6-3-4-8-15(10)13-14-9-5-1-2-7-11(9)18-13/h1-5,8-10,12,19,21H,6-7,11,13-17H2,(H,25,29);1-2,5,7,10H,3-4,6,8H2,(H,16,17)/t19-,21+;10-/m10/s1. The highest BCUT2D eigenvalue weighted by Crippen LogP contribution is 2.29. The number of aromatic nitrogens is 2. The number of carbonyl (C=O) groups is 2. The zero-order valence-electron chi connectivity index (χ0n) is 27.0. The summed E-state index contributed by atoms with van der Waals surface area (Å²) in [7, 11) is 0. The maximum absolute atomic E-state index is 13.2. The fourth-order valence-electron chi connectivity index (χ4n) is 7.05. The number of amides is 1. The fraction of sp³-hybridized carbons (Fsp3) is 0.405. The Kier molecular flexibility index (Phi) is 9.55. The van der Waals surface area contributed by atoms with Crippen LogP contribution < -0.4 is 15.1 Å². The normalized spacial score (nSPS) is 21.6. The lowest BCUT2D eigenvalue weighted by molar-refractivity contribution is -0.139. The number of anilines is 2. The number of rotatable bonds is 7. The van der Waals surface area contributed by atoms with Gasteiger partial charge in [0.15, 0.2) is 11.2 Å². The molecular formula is C37H42N6O5. The van der Waals surface area contributed by atoms with Crippen LogP contribution in [-0.2, 0) is 16.1 Å². The number of likely N-dealkylation sites (tertiary alicyclic amines) is 1. The number of nitrogens with zero attached hydrogens (tertiary/aromatic N) is 5. The molecule has 0 bridgehead atoms. The van der Waals surface area contributed by atoms with Crippen molar-refractivity contribution in [3.8, 4) is 0 Å². The summed E-state index contributed by atoms with van der Waals surface area (Å²) in [5.74, 6) is -0.708. The summed E-state index contributed by atoms with van der Waals surface area (Å²) in [6.45, 7) is 4.33. The summed E-state index contributed by atoms with van der Waals surface area (Å²) >= 11 is 0. The van der Waals surface area contributed by atoms with E-state index in [1.165, 1.54) is 5.56 Å². The van der Waals surface area contributed by atoms with Crippen LogP contribution in [0.5, 0.6) is 0 Å². The van der Waals surface area contributed by atoms with E-state index in [2.05, 4.69) is 49.4 Å². The Hall–Kier alpha value is -4.90. The molecule has 2 aromatic heterocycles. The molecule has 0 unspecified atom stereocenters. The number of benzene rings is 3. The number of piperidine rings is 2. The van der Waals surface area contributed by atoms with E-state index in [1.54, 1.807) is 4.90 Å². The van der Waals surface area contributed by atoms with Crippen LogP contribution in [0, 0.1) is 0 Å². The Labute approximate surface area is 279 Å². The summed E-state index contributed by atoms with van der Waals surface area (Å²) in [5.41, 5.74) is 4.39. The lowest BCUT2D eigenvalue weighted by atomic mass is 10.0. The van der Waals surface area contributed by atoms with E-state index >= 15 is 0 Å². The first kappa shape index (κ1) is 31.7. The minimum absolute atomic E-state index is 0.100. The van der Waals surface area contributed by atoms with Crippen molar-refractivity contribution < 1.29 is 23.5 Å². The van der Waals surface area contributed by atoms with E-state index in [0.717, 1.165) is 81.3 Å². The SMILES string of the molecule is O=C(N[C@@H]1CCN(Cc2ccccc2)C1)[C@@H]1CCCCN1c1nc2ccccc2o1.O=C(O)[C@@H]1CCCCN1c1nc2ccccc2o1. The van der Waals surface area contributed by atoms with Gasteiger partial charge in [0, 0.05) is 38.8 Å². The van der Waals surface area contributed by atoms with E-state index in [0.29, 0.717) is 30.6 Å². The Morgan fingerprint density at radius 2 is 1.27 bits per heavy atom. The van der Waals surface area contributed by atoms with Crippen LogP contribution in [-0.4, -0.2) is 76.2 Å². The summed E-state index contributed by atoms with van der Waals surface area (Å²) in [6.07, 6.45) is 6.50. The molecule has 2 N–H and O–H groups in total. The van der Waals surface area contributed by atoms with Gasteiger partial charge in [0.2, 0.25) is 5.91 Å². The molecule has 3 saturated heterocycles. The third kappa shape index (κ3) is 7.16. The largest absolute Gasteiger partial charge is 0.480 e. The predicted molar refractivity (Wildman–Crippen MR) is 184 cm³/mol. The van der Waals surface area contributed by atoms with Crippen molar-refractivity contribution in [3.63, 3.8) is 0 Å². The molecule has 5 aromatic rings. The second-order valence-electron chi connectivity index (χ2n) is 12.9. The predicted octanol–water partition coefficient (Wildman–Crippen LogP) is 5.85. The van der Waals surface area contributed by atoms with E-state index in [4.69, 9.17) is 8.83 Å². The first-order chi connectivity index (χ1) is 23.5. The molecule has 11 heteroatoms. The molecule has 0 radical (unpaired) electrons. The maximum atomic E-state index is 13.2. The van der Waals surface area contributed by atoms with Crippen LogP contribution in [0.4, 0.5) is 12.0 Å². The molecule has 0 saturated carbocycles. The van der Waals surface area contributed by atoms with E-state index in [1.807, 2.05) is 54.6 Å². The Bertz CT molecular complexity index is 1770. The average molecular weight is 651 g/mol. The summed E-state index contributed by atoms with van der Waals surface area (Å²) in [4.78, 5) is 39.6. The van der Waals surface area contributed by atoms with E-state index in [-0.39, 0.29) is 18.0 Å².